The molecule has 0 bridgehead atoms. The average Bonchev–Trinajstić information content (AvgIpc) is 2.34. The summed E-state index contributed by atoms with van der Waals surface area (Å²) < 4.78 is 0. The molecule has 0 heterocycles. The van der Waals surface area contributed by atoms with Gasteiger partial charge in [-0.1, -0.05) is 31.5 Å². The van der Waals surface area contributed by atoms with Gasteiger partial charge < -0.3 is 4.90 Å². The van der Waals surface area contributed by atoms with Crippen LogP contribution < -0.4 is 4.90 Å². The van der Waals surface area contributed by atoms with Gasteiger partial charge >= 0.3 is 0 Å². The maximum Gasteiger partial charge on any atom is 0.0642 e. The lowest BCUT2D eigenvalue weighted by atomic mass is 10.1. The van der Waals surface area contributed by atoms with Crippen LogP contribution in [0.2, 0.25) is 5.02 Å². The normalized spacial score (nSPS) is 10.4. The summed E-state index contributed by atoms with van der Waals surface area (Å²) in [5.74, 6) is 0.981. The molecule has 0 radical (unpaired) electrons. The van der Waals surface area contributed by atoms with Crippen LogP contribution in [0.3, 0.4) is 0 Å². The van der Waals surface area contributed by atoms with Crippen LogP contribution in [0.1, 0.15) is 25.8 Å². The van der Waals surface area contributed by atoms with Gasteiger partial charge in [-0.15, -0.1) is 11.6 Å². The van der Waals surface area contributed by atoms with E-state index >= 15 is 0 Å². The summed E-state index contributed by atoms with van der Waals surface area (Å²) in [6, 6.07) is 8.04. The van der Waals surface area contributed by atoms with Crippen molar-refractivity contribution in [2.45, 2.75) is 26.1 Å². The van der Waals surface area contributed by atoms with Crippen LogP contribution in [-0.2, 0) is 5.88 Å². The molecule has 0 N–H and O–H groups in total. The lowest BCUT2D eigenvalue weighted by Crippen LogP contribution is -2.28. The number of rotatable bonds is 6. The fourth-order valence-corrected chi connectivity index (χ4v) is 2.31. The molecule has 0 aliphatic heterocycles. The van der Waals surface area contributed by atoms with Gasteiger partial charge in [-0.25, -0.2) is 0 Å². The zero-order valence-corrected chi connectivity index (χ0v) is 12.3. The number of nitrogens with zero attached hydrogens (tertiary/aromatic N) is 2. The SMILES string of the molecule is CC(C)CN(CCC#N)c1ccc(CCl)cc1Cl. The molecule has 0 fully saturated rings. The van der Waals surface area contributed by atoms with E-state index < -0.39 is 0 Å². The van der Waals surface area contributed by atoms with E-state index in [0.29, 0.717) is 29.8 Å². The Morgan fingerprint density at radius 1 is 1.39 bits per heavy atom. The third-order valence-corrected chi connectivity index (χ3v) is 3.20. The Hall–Kier alpha value is -0.910. The topological polar surface area (TPSA) is 27.0 Å². The van der Waals surface area contributed by atoms with Gasteiger partial charge in [0.25, 0.3) is 0 Å². The van der Waals surface area contributed by atoms with Gasteiger partial charge in [0.1, 0.15) is 0 Å². The standard InChI is InChI=1S/C14H18Cl2N2/c1-11(2)10-18(7-3-6-17)14-5-4-12(9-15)8-13(14)16/h4-5,8,11H,3,7,9-10H2,1-2H3. The molecule has 18 heavy (non-hydrogen) atoms. The highest BCUT2D eigenvalue weighted by Gasteiger charge is 2.12. The van der Waals surface area contributed by atoms with Gasteiger partial charge in [-0.3, -0.25) is 0 Å². The van der Waals surface area contributed by atoms with Crippen LogP contribution in [0.5, 0.6) is 0 Å². The third kappa shape index (κ3) is 4.40. The van der Waals surface area contributed by atoms with Crippen LogP contribution in [0.25, 0.3) is 0 Å². The molecular formula is C14H18Cl2N2. The molecular weight excluding hydrogens is 267 g/mol. The van der Waals surface area contributed by atoms with Gasteiger partial charge in [-0.05, 0) is 23.6 Å². The van der Waals surface area contributed by atoms with Crippen molar-refractivity contribution in [3.05, 3.63) is 28.8 Å². The fourth-order valence-electron chi connectivity index (χ4n) is 1.83. The fraction of sp³-hybridized carbons (Fsp3) is 0.500. The largest absolute Gasteiger partial charge is 0.369 e. The summed E-state index contributed by atoms with van der Waals surface area (Å²) in [6.07, 6.45) is 0.500. The third-order valence-electron chi connectivity index (χ3n) is 2.59. The van der Waals surface area contributed by atoms with Crippen molar-refractivity contribution in [2.24, 2.45) is 5.92 Å². The van der Waals surface area contributed by atoms with Crippen molar-refractivity contribution in [1.82, 2.24) is 0 Å². The molecule has 0 aromatic heterocycles. The molecule has 1 aromatic rings. The number of alkyl halides is 1. The van der Waals surface area contributed by atoms with Crippen molar-refractivity contribution >= 4 is 28.9 Å². The molecule has 1 aromatic carbocycles. The van der Waals surface area contributed by atoms with Crippen LogP contribution in [0.15, 0.2) is 18.2 Å². The molecule has 4 heteroatoms. The lowest BCUT2D eigenvalue weighted by Gasteiger charge is -2.27. The number of benzene rings is 1. The van der Waals surface area contributed by atoms with Crippen molar-refractivity contribution in [3.8, 4) is 6.07 Å². The minimum atomic E-state index is 0.461. The number of hydrogen-bond acceptors (Lipinski definition) is 2. The van der Waals surface area contributed by atoms with Crippen molar-refractivity contribution in [2.75, 3.05) is 18.0 Å². The second-order valence-corrected chi connectivity index (χ2v) is 5.34. The number of anilines is 1. The van der Waals surface area contributed by atoms with E-state index in [4.69, 9.17) is 28.5 Å². The maximum atomic E-state index is 8.72. The first kappa shape index (κ1) is 15.1. The van der Waals surface area contributed by atoms with Crippen LogP contribution >= 0.6 is 23.2 Å². The van der Waals surface area contributed by atoms with E-state index in [1.807, 2.05) is 18.2 Å². The van der Waals surface area contributed by atoms with Gasteiger partial charge in [0.15, 0.2) is 0 Å². The average molecular weight is 285 g/mol. The number of nitriles is 1. The quantitative estimate of drug-likeness (QED) is 0.722. The molecule has 2 nitrogen and oxygen atoms in total. The minimum Gasteiger partial charge on any atom is -0.369 e. The summed E-state index contributed by atoms with van der Waals surface area (Å²) in [5, 5.41) is 9.42. The highest BCUT2D eigenvalue weighted by Crippen LogP contribution is 2.28. The summed E-state index contributed by atoms with van der Waals surface area (Å²) in [6.45, 7) is 5.90. The van der Waals surface area contributed by atoms with E-state index in [1.54, 1.807) is 0 Å². The second kappa shape index (κ2) is 7.51. The highest BCUT2D eigenvalue weighted by molar-refractivity contribution is 6.33. The molecule has 0 atom stereocenters. The summed E-state index contributed by atoms with van der Waals surface area (Å²) >= 11 is 12.1. The van der Waals surface area contributed by atoms with Gasteiger partial charge in [0.2, 0.25) is 0 Å². The minimum absolute atomic E-state index is 0.461. The first-order valence-corrected chi connectivity index (χ1v) is 6.96. The van der Waals surface area contributed by atoms with Crippen LogP contribution in [-0.4, -0.2) is 13.1 Å². The zero-order chi connectivity index (χ0) is 13.5. The first-order valence-electron chi connectivity index (χ1n) is 6.04. The smallest absolute Gasteiger partial charge is 0.0642 e. The molecule has 0 spiro atoms. The Kier molecular flexibility index (Phi) is 6.32. The van der Waals surface area contributed by atoms with E-state index in [9.17, 15) is 0 Å². The number of hydrogen-bond donors (Lipinski definition) is 0. The molecule has 0 aliphatic rings. The molecule has 0 aliphatic carbocycles. The number of halogens is 2. The van der Waals surface area contributed by atoms with Gasteiger partial charge in [-0.2, -0.15) is 5.26 Å². The molecule has 0 saturated heterocycles. The van der Waals surface area contributed by atoms with Crippen LogP contribution in [0.4, 0.5) is 5.69 Å². The second-order valence-electron chi connectivity index (χ2n) is 4.67. The van der Waals surface area contributed by atoms with E-state index in [-0.39, 0.29) is 0 Å². The summed E-state index contributed by atoms with van der Waals surface area (Å²) in [7, 11) is 0. The lowest BCUT2D eigenvalue weighted by molar-refractivity contribution is 0.612. The van der Waals surface area contributed by atoms with Crippen molar-refractivity contribution in [3.63, 3.8) is 0 Å². The molecule has 0 amide bonds. The van der Waals surface area contributed by atoms with E-state index in [0.717, 1.165) is 17.8 Å². The van der Waals surface area contributed by atoms with Crippen LogP contribution in [0, 0.1) is 17.2 Å². The Labute approximate surface area is 119 Å². The molecule has 1 rings (SSSR count). The van der Waals surface area contributed by atoms with Crippen molar-refractivity contribution < 1.29 is 0 Å². The van der Waals surface area contributed by atoms with E-state index in [1.165, 1.54) is 0 Å². The Morgan fingerprint density at radius 3 is 2.61 bits per heavy atom. The Balaban J connectivity index is 2.93. The first-order chi connectivity index (χ1) is 8.58. The molecule has 98 valence electrons. The summed E-state index contributed by atoms with van der Waals surface area (Å²) in [5.41, 5.74) is 1.99. The zero-order valence-electron chi connectivity index (χ0n) is 10.8. The maximum absolute atomic E-state index is 8.72. The predicted octanol–water partition coefficient (Wildman–Crippen LogP) is 4.45. The molecule has 0 unspecified atom stereocenters. The van der Waals surface area contributed by atoms with Gasteiger partial charge in [0, 0.05) is 19.0 Å². The Morgan fingerprint density at radius 2 is 2.11 bits per heavy atom. The predicted molar refractivity (Wildman–Crippen MR) is 78.3 cm³/mol. The van der Waals surface area contributed by atoms with E-state index in [2.05, 4.69) is 24.8 Å². The van der Waals surface area contributed by atoms with Gasteiger partial charge in [0.05, 0.1) is 23.2 Å². The highest BCUT2D eigenvalue weighted by atomic mass is 35.5. The Bertz CT molecular complexity index is 424. The summed E-state index contributed by atoms with van der Waals surface area (Å²) in [4.78, 5) is 2.16. The molecule has 0 saturated carbocycles. The monoisotopic (exact) mass is 284 g/mol. The van der Waals surface area contributed by atoms with Crippen molar-refractivity contribution in [1.29, 1.82) is 5.26 Å².